The van der Waals surface area contributed by atoms with Gasteiger partial charge in [0.25, 0.3) is 0 Å². The van der Waals surface area contributed by atoms with Crippen LogP contribution in [0.25, 0.3) is 0 Å². The summed E-state index contributed by atoms with van der Waals surface area (Å²) >= 11 is 0. The molecule has 0 fully saturated rings. The number of rotatable bonds is 10. The van der Waals surface area contributed by atoms with Crippen LogP contribution >= 0.6 is 0 Å². The lowest BCUT2D eigenvalue weighted by Gasteiger charge is -2.31. The molecule has 0 radical (unpaired) electrons. The van der Waals surface area contributed by atoms with Crippen LogP contribution in [-0.2, 0) is 28.6 Å². The van der Waals surface area contributed by atoms with Crippen LogP contribution < -0.4 is 0 Å². The normalized spacial score (nSPS) is 10.9. The van der Waals surface area contributed by atoms with Gasteiger partial charge in [-0.2, -0.15) is 0 Å². The van der Waals surface area contributed by atoms with Gasteiger partial charge in [0.2, 0.25) is 0 Å². The molecular weight excluding hydrogens is 312 g/mol. The van der Waals surface area contributed by atoms with Gasteiger partial charge in [-0.05, 0) is 20.3 Å². The van der Waals surface area contributed by atoms with Gasteiger partial charge in [0.05, 0.1) is 11.3 Å². The highest BCUT2D eigenvalue weighted by molar-refractivity contribution is 5.87. The van der Waals surface area contributed by atoms with Crippen molar-refractivity contribution in [1.82, 2.24) is 0 Å². The summed E-state index contributed by atoms with van der Waals surface area (Å²) in [5.41, 5.74) is -0.294. The maximum absolute atomic E-state index is 11.7. The van der Waals surface area contributed by atoms with Crippen molar-refractivity contribution in [3.8, 4) is 0 Å². The Balaban J connectivity index is 5.07. The van der Waals surface area contributed by atoms with E-state index in [0.717, 1.165) is 0 Å². The van der Waals surface area contributed by atoms with E-state index in [2.05, 4.69) is 13.2 Å². The smallest absolute Gasteiger partial charge is 0.333 e. The van der Waals surface area contributed by atoms with E-state index in [9.17, 15) is 14.4 Å². The van der Waals surface area contributed by atoms with Crippen molar-refractivity contribution >= 4 is 17.9 Å². The number of esters is 3. The van der Waals surface area contributed by atoms with Gasteiger partial charge in [-0.1, -0.05) is 33.9 Å². The van der Waals surface area contributed by atoms with E-state index in [0.29, 0.717) is 6.42 Å². The van der Waals surface area contributed by atoms with Crippen molar-refractivity contribution in [1.29, 1.82) is 0 Å². The molecule has 0 aromatic heterocycles. The Morgan fingerprint density at radius 2 is 1.25 bits per heavy atom. The molecule has 0 bridgehead atoms. The van der Waals surface area contributed by atoms with Crippen LogP contribution in [0.1, 0.15) is 41.0 Å². The molecule has 0 N–H and O–H groups in total. The van der Waals surface area contributed by atoms with Gasteiger partial charge < -0.3 is 14.2 Å². The average molecular weight is 340 g/mol. The third-order valence-electron chi connectivity index (χ3n) is 3.46. The number of hydrogen-bond acceptors (Lipinski definition) is 6. The van der Waals surface area contributed by atoms with Crippen LogP contribution in [0.5, 0.6) is 0 Å². The van der Waals surface area contributed by atoms with E-state index >= 15 is 0 Å². The second-order valence-electron chi connectivity index (χ2n) is 6.33. The largest absolute Gasteiger partial charge is 0.465 e. The summed E-state index contributed by atoms with van der Waals surface area (Å²) in [6.45, 7) is 15.3. The first kappa shape index (κ1) is 21.9. The van der Waals surface area contributed by atoms with E-state index < -0.39 is 17.4 Å². The zero-order valence-corrected chi connectivity index (χ0v) is 15.3. The maximum Gasteiger partial charge on any atom is 0.333 e. The highest BCUT2D eigenvalue weighted by Gasteiger charge is 2.34. The molecule has 0 rings (SSSR count). The Kier molecular flexibility index (Phi) is 9.03. The van der Waals surface area contributed by atoms with Gasteiger partial charge in [0, 0.05) is 11.1 Å². The molecule has 0 amide bonds. The van der Waals surface area contributed by atoms with Crippen LogP contribution in [0.15, 0.2) is 24.3 Å². The molecule has 0 aliphatic rings. The van der Waals surface area contributed by atoms with E-state index in [4.69, 9.17) is 14.2 Å². The molecule has 24 heavy (non-hydrogen) atoms. The maximum atomic E-state index is 11.7. The van der Waals surface area contributed by atoms with Gasteiger partial charge >= 0.3 is 17.9 Å². The first-order valence-electron chi connectivity index (χ1n) is 7.86. The van der Waals surface area contributed by atoms with Crippen LogP contribution in [-0.4, -0.2) is 37.7 Å². The zero-order valence-electron chi connectivity index (χ0n) is 15.3. The Morgan fingerprint density at radius 3 is 1.54 bits per heavy atom. The van der Waals surface area contributed by atoms with Gasteiger partial charge in [-0.15, -0.1) is 0 Å². The number of ether oxygens (including phenoxy) is 3. The van der Waals surface area contributed by atoms with Crippen LogP contribution in [0.4, 0.5) is 0 Å². The summed E-state index contributed by atoms with van der Waals surface area (Å²) in [7, 11) is 0. The molecule has 0 atom stereocenters. The first-order chi connectivity index (χ1) is 11.0. The van der Waals surface area contributed by atoms with E-state index in [1.165, 1.54) is 13.8 Å². The molecular formula is C18H28O6. The minimum atomic E-state index is -0.819. The van der Waals surface area contributed by atoms with Gasteiger partial charge in [0.15, 0.2) is 0 Å². The highest BCUT2D eigenvalue weighted by atomic mass is 16.6. The molecule has 0 aliphatic heterocycles. The molecule has 0 heterocycles. The zero-order chi connectivity index (χ0) is 18.9. The third-order valence-corrected chi connectivity index (χ3v) is 3.46. The Bertz CT molecular complexity index is 474. The Labute approximate surface area is 143 Å². The predicted octanol–water partition coefficient (Wildman–Crippen LogP) is 2.82. The van der Waals surface area contributed by atoms with Gasteiger partial charge in [0.1, 0.15) is 19.8 Å². The fraction of sp³-hybridized carbons (Fsp3) is 0.611. The summed E-state index contributed by atoms with van der Waals surface area (Å²) < 4.78 is 15.7. The molecule has 0 saturated carbocycles. The summed E-state index contributed by atoms with van der Waals surface area (Å²) in [5, 5.41) is 0. The van der Waals surface area contributed by atoms with Crippen LogP contribution in [0.2, 0.25) is 0 Å². The molecule has 0 saturated heterocycles. The summed E-state index contributed by atoms with van der Waals surface area (Å²) in [6.07, 6.45) is 0.477. The summed E-state index contributed by atoms with van der Waals surface area (Å²) in [6, 6.07) is 0. The van der Waals surface area contributed by atoms with Crippen LogP contribution in [0, 0.1) is 11.3 Å². The third kappa shape index (κ3) is 7.44. The fourth-order valence-corrected chi connectivity index (χ4v) is 1.51. The van der Waals surface area contributed by atoms with E-state index in [1.807, 2.05) is 6.92 Å². The Morgan fingerprint density at radius 1 is 0.875 bits per heavy atom. The number of carbonyl (C=O) groups excluding carboxylic acids is 3. The molecule has 6 heteroatoms. The standard InChI is InChI=1S/C18H28O6/c1-8-18(9-22-15(19)12(2)3,10-23-16(20)13(4)5)11-24-17(21)14(6)7/h14H,2,4,8-11H2,1,3,5-7H3. The predicted molar refractivity (Wildman–Crippen MR) is 90.1 cm³/mol. The SMILES string of the molecule is C=C(C)C(=O)OCC(CC)(COC(=O)C(=C)C)COC(=O)C(C)C. The van der Waals surface area contributed by atoms with Crippen molar-refractivity contribution in [2.24, 2.45) is 11.3 Å². The van der Waals surface area contributed by atoms with E-state index in [1.54, 1.807) is 13.8 Å². The molecule has 0 spiro atoms. The minimum Gasteiger partial charge on any atom is -0.465 e. The molecule has 0 aromatic rings. The van der Waals surface area contributed by atoms with Gasteiger partial charge in [-0.25, -0.2) is 9.59 Å². The lowest BCUT2D eigenvalue weighted by Crippen LogP contribution is -2.39. The van der Waals surface area contributed by atoms with Crippen molar-refractivity contribution in [3.63, 3.8) is 0 Å². The average Bonchev–Trinajstić information content (AvgIpc) is 2.53. The summed E-state index contributed by atoms with van der Waals surface area (Å²) in [5.74, 6) is -1.75. The quantitative estimate of drug-likeness (QED) is 0.346. The molecule has 0 aromatic carbocycles. The van der Waals surface area contributed by atoms with Gasteiger partial charge in [-0.3, -0.25) is 4.79 Å². The fourth-order valence-electron chi connectivity index (χ4n) is 1.51. The Hall–Kier alpha value is -2.11. The van der Waals surface area contributed by atoms with Crippen molar-refractivity contribution in [2.45, 2.75) is 41.0 Å². The van der Waals surface area contributed by atoms with Crippen molar-refractivity contribution in [3.05, 3.63) is 24.3 Å². The lowest BCUT2D eigenvalue weighted by molar-refractivity contribution is -0.161. The topological polar surface area (TPSA) is 78.9 Å². The van der Waals surface area contributed by atoms with Crippen molar-refractivity contribution in [2.75, 3.05) is 19.8 Å². The molecule has 0 unspecified atom stereocenters. The van der Waals surface area contributed by atoms with E-state index in [-0.39, 0.29) is 42.9 Å². The molecule has 6 nitrogen and oxygen atoms in total. The van der Waals surface area contributed by atoms with Crippen molar-refractivity contribution < 1.29 is 28.6 Å². The highest BCUT2D eigenvalue weighted by Crippen LogP contribution is 2.25. The monoisotopic (exact) mass is 340 g/mol. The molecule has 136 valence electrons. The minimum absolute atomic E-state index is 0.0204. The lowest BCUT2D eigenvalue weighted by atomic mass is 9.88. The molecule has 0 aliphatic carbocycles. The first-order valence-corrected chi connectivity index (χ1v) is 7.86. The summed E-state index contributed by atoms with van der Waals surface area (Å²) in [4.78, 5) is 35.0. The van der Waals surface area contributed by atoms with Crippen LogP contribution in [0.3, 0.4) is 0 Å². The second-order valence-corrected chi connectivity index (χ2v) is 6.33. The second kappa shape index (κ2) is 9.90. The number of hydrogen-bond donors (Lipinski definition) is 0. The number of carbonyl (C=O) groups is 3.